The van der Waals surface area contributed by atoms with Crippen molar-refractivity contribution in [2.24, 2.45) is 0 Å². The van der Waals surface area contributed by atoms with E-state index in [2.05, 4.69) is 24.6 Å². The lowest BCUT2D eigenvalue weighted by atomic mass is 9.97. The summed E-state index contributed by atoms with van der Waals surface area (Å²) in [5, 5.41) is 0. The van der Waals surface area contributed by atoms with Crippen LogP contribution < -0.4 is 9.62 Å². The average Bonchev–Trinajstić information content (AvgIpc) is 3.41. The Kier molecular flexibility index (Phi) is 9.45. The molecule has 2 N–H and O–H groups in total. The molecule has 39 heavy (non-hydrogen) atoms. The highest BCUT2D eigenvalue weighted by Crippen LogP contribution is 2.27. The first-order valence-corrected chi connectivity index (χ1v) is 14.4. The Morgan fingerprint density at radius 1 is 0.974 bits per heavy atom. The van der Waals surface area contributed by atoms with Gasteiger partial charge < -0.3 is 14.6 Å². The molecule has 6 rings (SSSR count). The minimum atomic E-state index is -0.267. The van der Waals surface area contributed by atoms with Gasteiger partial charge in [0.05, 0.1) is 23.2 Å². The van der Waals surface area contributed by atoms with Crippen molar-refractivity contribution < 1.29 is 13.9 Å². The summed E-state index contributed by atoms with van der Waals surface area (Å²) in [6, 6.07) is 18.3. The molecule has 2 aromatic carbocycles. The Morgan fingerprint density at radius 2 is 1.74 bits per heavy atom. The third-order valence-corrected chi connectivity index (χ3v) is 7.86. The van der Waals surface area contributed by atoms with Crippen molar-refractivity contribution in [3.05, 3.63) is 72.7 Å². The van der Waals surface area contributed by atoms with Crippen LogP contribution in [-0.4, -0.2) is 46.7 Å². The number of rotatable bonds is 7. The van der Waals surface area contributed by atoms with Gasteiger partial charge in [-0.15, -0.1) is 0 Å². The minimum absolute atomic E-state index is 0.267. The van der Waals surface area contributed by atoms with Crippen LogP contribution in [0.25, 0.3) is 22.4 Å². The minimum Gasteiger partial charge on any atom is -0.375 e. The maximum absolute atomic E-state index is 13.4. The largest absolute Gasteiger partial charge is 0.375 e. The van der Waals surface area contributed by atoms with Gasteiger partial charge in [0.25, 0.3) is 0 Å². The van der Waals surface area contributed by atoms with Gasteiger partial charge in [-0.2, -0.15) is 0 Å². The number of hydrogen-bond donors (Lipinski definition) is 2. The van der Waals surface area contributed by atoms with Crippen LogP contribution in [0.3, 0.4) is 0 Å². The number of nitrogens with one attached hydrogen (secondary N) is 2. The van der Waals surface area contributed by atoms with Crippen LogP contribution in [-0.2, 0) is 9.53 Å². The van der Waals surface area contributed by atoms with E-state index in [1.807, 2.05) is 48.7 Å². The summed E-state index contributed by atoms with van der Waals surface area (Å²) in [5.41, 5.74) is 2.36. The first-order valence-electron chi connectivity index (χ1n) is 13.6. The summed E-state index contributed by atoms with van der Waals surface area (Å²) in [6.07, 6.45) is 12.0. The average molecular weight is 548 g/mol. The van der Waals surface area contributed by atoms with Crippen molar-refractivity contribution in [2.45, 2.75) is 62.0 Å². The van der Waals surface area contributed by atoms with Crippen LogP contribution >= 0.6 is 11.9 Å². The van der Waals surface area contributed by atoms with Crippen molar-refractivity contribution in [3.8, 4) is 11.4 Å². The molecule has 0 bridgehead atoms. The molecule has 2 aromatic heterocycles. The van der Waals surface area contributed by atoms with Gasteiger partial charge in [-0.3, -0.25) is 9.52 Å². The molecule has 1 saturated heterocycles. The van der Waals surface area contributed by atoms with Crippen LogP contribution in [0.5, 0.6) is 0 Å². The Hall–Kier alpha value is -3.43. The molecule has 204 valence electrons. The van der Waals surface area contributed by atoms with E-state index in [1.54, 1.807) is 6.07 Å². The molecule has 1 saturated carbocycles. The van der Waals surface area contributed by atoms with Crippen LogP contribution in [0, 0.1) is 5.82 Å². The molecule has 0 spiro atoms. The number of carbonyl (C=O) groups excluding carboxylic acids is 1. The number of benzene rings is 2. The fraction of sp³-hybridized carbons (Fsp3) is 0.367. The van der Waals surface area contributed by atoms with Gasteiger partial charge in [0.2, 0.25) is 6.41 Å². The molecule has 2 fully saturated rings. The van der Waals surface area contributed by atoms with E-state index in [1.165, 1.54) is 56.2 Å². The molecule has 0 atom stereocenters. The van der Waals surface area contributed by atoms with Crippen molar-refractivity contribution in [1.29, 1.82) is 0 Å². The highest BCUT2D eigenvalue weighted by molar-refractivity contribution is 7.97. The van der Waals surface area contributed by atoms with E-state index in [9.17, 15) is 9.18 Å². The Balaban J connectivity index is 0.000000261. The zero-order chi connectivity index (χ0) is 26.9. The van der Waals surface area contributed by atoms with Crippen molar-refractivity contribution in [3.63, 3.8) is 0 Å². The lowest BCUT2D eigenvalue weighted by molar-refractivity contribution is -0.107. The molecular weight excluding hydrogens is 513 g/mol. The van der Waals surface area contributed by atoms with Gasteiger partial charge >= 0.3 is 0 Å². The lowest BCUT2D eigenvalue weighted by Crippen LogP contribution is -2.39. The van der Waals surface area contributed by atoms with Crippen molar-refractivity contribution in [1.82, 2.24) is 19.7 Å². The molecule has 1 aliphatic heterocycles. The first-order chi connectivity index (χ1) is 19.2. The molecule has 7 nitrogen and oxygen atoms in total. The number of aromatic amines is 1. The Labute approximate surface area is 232 Å². The Morgan fingerprint density at radius 3 is 2.46 bits per heavy atom. The number of ether oxygens (including phenoxy) is 1. The van der Waals surface area contributed by atoms with E-state index in [0.29, 0.717) is 30.0 Å². The van der Waals surface area contributed by atoms with Crippen LogP contribution in [0.15, 0.2) is 71.8 Å². The van der Waals surface area contributed by atoms with Crippen LogP contribution in [0.1, 0.15) is 44.9 Å². The normalized spacial score (nSPS) is 16.5. The second-order valence-electron chi connectivity index (χ2n) is 9.89. The summed E-state index contributed by atoms with van der Waals surface area (Å²) in [5.74, 6) is 1.44. The van der Waals surface area contributed by atoms with E-state index < -0.39 is 0 Å². The third kappa shape index (κ3) is 7.58. The monoisotopic (exact) mass is 547 g/mol. The summed E-state index contributed by atoms with van der Waals surface area (Å²) in [7, 11) is 0. The summed E-state index contributed by atoms with van der Waals surface area (Å²) in [6.45, 7) is 1.96. The molecule has 0 unspecified atom stereocenters. The van der Waals surface area contributed by atoms with Crippen LogP contribution in [0.2, 0.25) is 0 Å². The van der Waals surface area contributed by atoms with Gasteiger partial charge in [-0.1, -0.05) is 37.5 Å². The van der Waals surface area contributed by atoms with E-state index in [-0.39, 0.29) is 5.82 Å². The number of pyridine rings is 1. The van der Waals surface area contributed by atoms with Crippen LogP contribution in [0.4, 0.5) is 10.2 Å². The number of halogens is 1. The number of fused-ring (bicyclic) bond motifs is 1. The molecule has 4 aromatic rings. The number of imidazole rings is 1. The SMILES string of the molecule is Fc1ccc2nc(-c3ccc(N4CCC(OC5CCCCC5)CC4)nc3)[nH]c2c1.O=CNSc1ccccc1. The number of hydrogen-bond acceptors (Lipinski definition) is 6. The zero-order valence-corrected chi connectivity index (χ0v) is 22.7. The molecule has 1 aliphatic carbocycles. The van der Waals surface area contributed by atoms with E-state index in [0.717, 1.165) is 47.7 Å². The number of nitrogens with zero attached hydrogens (tertiary/aromatic N) is 3. The second kappa shape index (κ2) is 13.6. The summed E-state index contributed by atoms with van der Waals surface area (Å²) in [4.78, 5) is 25.6. The fourth-order valence-electron chi connectivity index (χ4n) is 5.11. The molecular formula is C30H34FN5O2S. The molecule has 1 amide bonds. The smallest absolute Gasteiger partial charge is 0.217 e. The predicted octanol–water partition coefficient (Wildman–Crippen LogP) is 6.52. The van der Waals surface area contributed by atoms with E-state index >= 15 is 0 Å². The second-order valence-corrected chi connectivity index (χ2v) is 10.8. The van der Waals surface area contributed by atoms with Gasteiger partial charge in [-0.05, 0) is 80.1 Å². The number of anilines is 1. The lowest BCUT2D eigenvalue weighted by Gasteiger charge is -2.35. The maximum Gasteiger partial charge on any atom is 0.217 e. The number of carbonyl (C=O) groups is 1. The highest BCUT2D eigenvalue weighted by atomic mass is 32.2. The fourth-order valence-corrected chi connectivity index (χ4v) is 5.58. The molecule has 9 heteroatoms. The first kappa shape index (κ1) is 27.1. The third-order valence-electron chi connectivity index (χ3n) is 7.14. The standard InChI is InChI=1S/C23H27FN4O.C7H7NOS/c24-17-7-8-20-21(14-17)27-23(26-20)16-6-9-22(25-15-16)28-12-10-19(11-13-28)29-18-4-2-1-3-5-18;9-6-8-10-7-4-2-1-3-5-7/h6-9,14-15,18-19H,1-5,10-13H2,(H,26,27);1-6H,(H,8,9). The molecule has 2 aliphatic rings. The number of piperidine rings is 1. The predicted molar refractivity (Wildman–Crippen MR) is 154 cm³/mol. The highest BCUT2D eigenvalue weighted by Gasteiger charge is 2.24. The van der Waals surface area contributed by atoms with E-state index in [4.69, 9.17) is 4.74 Å². The van der Waals surface area contributed by atoms with Crippen molar-refractivity contribution in [2.75, 3.05) is 18.0 Å². The van der Waals surface area contributed by atoms with Gasteiger partial charge in [-0.25, -0.2) is 14.4 Å². The number of H-pyrrole nitrogens is 1. The number of amides is 1. The summed E-state index contributed by atoms with van der Waals surface area (Å²) >= 11 is 1.30. The maximum atomic E-state index is 13.4. The topological polar surface area (TPSA) is 83.1 Å². The zero-order valence-electron chi connectivity index (χ0n) is 21.9. The molecule has 3 heterocycles. The summed E-state index contributed by atoms with van der Waals surface area (Å²) < 4.78 is 22.2. The van der Waals surface area contributed by atoms with Gasteiger partial charge in [0, 0.05) is 29.7 Å². The van der Waals surface area contributed by atoms with Gasteiger partial charge in [0.1, 0.15) is 17.5 Å². The quantitative estimate of drug-likeness (QED) is 0.202. The number of aromatic nitrogens is 3. The Bertz CT molecular complexity index is 1320. The van der Waals surface area contributed by atoms with Crippen molar-refractivity contribution >= 4 is 35.2 Å². The van der Waals surface area contributed by atoms with Gasteiger partial charge in [0.15, 0.2) is 0 Å². The molecule has 0 radical (unpaired) electrons.